The van der Waals surface area contributed by atoms with E-state index in [-0.39, 0.29) is 6.09 Å². The topological polar surface area (TPSA) is 88.8 Å². The predicted molar refractivity (Wildman–Crippen MR) is 165 cm³/mol. The van der Waals surface area contributed by atoms with E-state index in [2.05, 4.69) is 63.1 Å². The van der Waals surface area contributed by atoms with Gasteiger partial charge in [-0.3, -0.25) is 9.88 Å². The van der Waals surface area contributed by atoms with Crippen LogP contribution in [0.3, 0.4) is 0 Å². The van der Waals surface area contributed by atoms with Crippen molar-refractivity contribution in [2.75, 3.05) is 55.6 Å². The van der Waals surface area contributed by atoms with Gasteiger partial charge in [0.15, 0.2) is 0 Å². The Morgan fingerprint density at radius 3 is 2.52 bits per heavy atom. The summed E-state index contributed by atoms with van der Waals surface area (Å²) in [6, 6.07) is 15.7. The molecule has 1 amide bonds. The zero-order valence-corrected chi connectivity index (χ0v) is 25.2. The SMILES string of the molecule is C[C@@H]1CN(c2ccc(C#N)c3ncccc23)C[C@@H]2CC(c3ccc(N4CCN(C(=O)OC(C)(C)C)CC4)nc3)CCN21. The number of aromatic nitrogens is 2. The number of fused-ring (bicyclic) bond motifs is 2. The van der Waals surface area contributed by atoms with Gasteiger partial charge < -0.3 is 19.4 Å². The number of amides is 1. The fraction of sp³-hybridized carbons (Fsp3) is 0.515. The van der Waals surface area contributed by atoms with Crippen LogP contribution in [0.5, 0.6) is 0 Å². The monoisotopic (exact) mass is 567 g/mol. The second kappa shape index (κ2) is 11.4. The van der Waals surface area contributed by atoms with Crippen molar-refractivity contribution in [3.05, 3.63) is 59.9 Å². The number of hydrogen-bond acceptors (Lipinski definition) is 8. The Labute approximate surface area is 248 Å². The summed E-state index contributed by atoms with van der Waals surface area (Å²) in [5.41, 5.74) is 3.41. The van der Waals surface area contributed by atoms with Gasteiger partial charge in [-0.1, -0.05) is 6.07 Å². The number of hydrogen-bond donors (Lipinski definition) is 0. The normalized spacial score (nSPS) is 23.4. The molecule has 6 rings (SSSR count). The van der Waals surface area contributed by atoms with Crippen molar-refractivity contribution in [1.29, 1.82) is 5.26 Å². The number of carbonyl (C=O) groups excluding carboxylic acids is 1. The first-order chi connectivity index (χ1) is 20.2. The van der Waals surface area contributed by atoms with Crippen molar-refractivity contribution in [3.63, 3.8) is 0 Å². The fourth-order valence-corrected chi connectivity index (χ4v) is 6.88. The molecule has 0 saturated carbocycles. The second-order valence-electron chi connectivity index (χ2n) is 12.9. The van der Waals surface area contributed by atoms with E-state index in [1.165, 1.54) is 11.3 Å². The van der Waals surface area contributed by atoms with E-state index in [9.17, 15) is 10.1 Å². The summed E-state index contributed by atoms with van der Waals surface area (Å²) in [6.45, 7) is 13.8. The third kappa shape index (κ3) is 5.73. The first-order valence-electron chi connectivity index (χ1n) is 15.2. The molecule has 3 saturated heterocycles. The molecular weight excluding hydrogens is 526 g/mol. The Morgan fingerprint density at radius 1 is 1.00 bits per heavy atom. The first kappa shape index (κ1) is 28.2. The highest BCUT2D eigenvalue weighted by molar-refractivity contribution is 5.95. The molecule has 220 valence electrons. The molecule has 3 aliphatic heterocycles. The number of benzene rings is 1. The summed E-state index contributed by atoms with van der Waals surface area (Å²) in [5.74, 6) is 1.45. The van der Waals surface area contributed by atoms with Gasteiger partial charge in [-0.25, -0.2) is 9.78 Å². The molecule has 3 aromatic rings. The lowest BCUT2D eigenvalue weighted by atomic mass is 9.83. The minimum absolute atomic E-state index is 0.239. The summed E-state index contributed by atoms with van der Waals surface area (Å²) < 4.78 is 5.54. The maximum Gasteiger partial charge on any atom is 0.410 e. The predicted octanol–water partition coefficient (Wildman–Crippen LogP) is 5.02. The molecule has 0 N–H and O–H groups in total. The number of rotatable bonds is 3. The van der Waals surface area contributed by atoms with Gasteiger partial charge >= 0.3 is 6.09 Å². The van der Waals surface area contributed by atoms with Crippen LogP contribution >= 0.6 is 0 Å². The number of anilines is 2. The lowest BCUT2D eigenvalue weighted by Crippen LogP contribution is -2.60. The van der Waals surface area contributed by atoms with E-state index in [0.717, 1.165) is 62.3 Å². The minimum Gasteiger partial charge on any atom is -0.444 e. The summed E-state index contributed by atoms with van der Waals surface area (Å²) in [7, 11) is 0. The number of carbonyl (C=O) groups is 1. The van der Waals surface area contributed by atoms with E-state index in [1.54, 1.807) is 11.1 Å². The minimum atomic E-state index is -0.481. The highest BCUT2D eigenvalue weighted by Crippen LogP contribution is 2.38. The molecule has 9 nitrogen and oxygen atoms in total. The van der Waals surface area contributed by atoms with Crippen molar-refractivity contribution >= 4 is 28.5 Å². The molecule has 3 fully saturated rings. The largest absolute Gasteiger partial charge is 0.444 e. The number of piperazine rings is 2. The number of nitriles is 1. The molecule has 2 aromatic heterocycles. The lowest BCUT2D eigenvalue weighted by molar-refractivity contribution is 0.0240. The average molecular weight is 568 g/mol. The van der Waals surface area contributed by atoms with Gasteiger partial charge in [0.2, 0.25) is 0 Å². The van der Waals surface area contributed by atoms with Crippen molar-refractivity contribution in [3.8, 4) is 6.07 Å². The number of pyridine rings is 2. The summed E-state index contributed by atoms with van der Waals surface area (Å²) in [4.78, 5) is 31.1. The highest BCUT2D eigenvalue weighted by atomic mass is 16.6. The van der Waals surface area contributed by atoms with E-state index in [0.29, 0.717) is 36.7 Å². The summed E-state index contributed by atoms with van der Waals surface area (Å²) in [5, 5.41) is 10.6. The maximum atomic E-state index is 12.4. The molecule has 0 spiro atoms. The quantitative estimate of drug-likeness (QED) is 0.436. The molecule has 1 aromatic carbocycles. The van der Waals surface area contributed by atoms with E-state index < -0.39 is 5.60 Å². The molecular formula is C33H41N7O2. The van der Waals surface area contributed by atoms with Gasteiger partial charge in [0, 0.05) is 74.8 Å². The van der Waals surface area contributed by atoms with Crippen molar-refractivity contribution in [1.82, 2.24) is 19.8 Å². The zero-order chi connectivity index (χ0) is 29.4. The Kier molecular flexibility index (Phi) is 7.67. The van der Waals surface area contributed by atoms with Crippen LogP contribution in [0.1, 0.15) is 57.6 Å². The number of nitrogens with zero attached hydrogens (tertiary/aromatic N) is 7. The van der Waals surface area contributed by atoms with Gasteiger partial charge in [0.1, 0.15) is 17.5 Å². The molecule has 3 atom stereocenters. The molecule has 5 heterocycles. The average Bonchev–Trinajstić information content (AvgIpc) is 2.99. The van der Waals surface area contributed by atoms with Crippen LogP contribution in [0.4, 0.5) is 16.3 Å². The van der Waals surface area contributed by atoms with Crippen molar-refractivity contribution in [2.45, 2.75) is 64.1 Å². The molecule has 0 aliphatic carbocycles. The van der Waals surface area contributed by atoms with Gasteiger partial charge in [0.25, 0.3) is 0 Å². The standard InChI is InChI=1S/C33H41N7O2/c1-23-21-39(29-9-7-25(19-34)31-28(29)6-5-12-35-31)22-27-18-24(11-13-40(23)27)26-8-10-30(36-20-26)37-14-16-38(17-15-37)32(41)42-33(2,3)4/h5-10,12,20,23-24,27H,11,13-18,21-22H2,1-4H3/t23-,24?,27+/m1/s1. The van der Waals surface area contributed by atoms with Gasteiger partial charge in [0.05, 0.1) is 11.1 Å². The van der Waals surface area contributed by atoms with Gasteiger partial charge in [-0.05, 0) is 88.9 Å². The molecule has 0 radical (unpaired) electrons. The molecule has 0 bridgehead atoms. The smallest absolute Gasteiger partial charge is 0.410 e. The Bertz CT molecular complexity index is 1470. The molecule has 42 heavy (non-hydrogen) atoms. The van der Waals surface area contributed by atoms with Crippen LogP contribution in [-0.2, 0) is 4.74 Å². The van der Waals surface area contributed by atoms with Gasteiger partial charge in [-0.15, -0.1) is 0 Å². The maximum absolute atomic E-state index is 12.4. The highest BCUT2D eigenvalue weighted by Gasteiger charge is 2.38. The van der Waals surface area contributed by atoms with Crippen LogP contribution in [0.15, 0.2) is 48.8 Å². The van der Waals surface area contributed by atoms with Crippen molar-refractivity contribution < 1.29 is 9.53 Å². The Balaban J connectivity index is 1.11. The third-order valence-corrected chi connectivity index (χ3v) is 8.95. The summed E-state index contributed by atoms with van der Waals surface area (Å²) >= 11 is 0. The fourth-order valence-electron chi connectivity index (χ4n) is 6.88. The number of ether oxygens (including phenoxy) is 1. The van der Waals surface area contributed by atoms with Gasteiger partial charge in [-0.2, -0.15) is 5.26 Å². The zero-order valence-electron chi connectivity index (χ0n) is 25.2. The van der Waals surface area contributed by atoms with E-state index >= 15 is 0 Å². The summed E-state index contributed by atoms with van der Waals surface area (Å²) in [6.07, 6.45) is 5.84. The van der Waals surface area contributed by atoms with E-state index in [1.807, 2.05) is 32.9 Å². The Hall–Kier alpha value is -3.90. The second-order valence-corrected chi connectivity index (χ2v) is 12.9. The lowest BCUT2D eigenvalue weighted by Gasteiger charge is -2.50. The van der Waals surface area contributed by atoms with Crippen molar-refractivity contribution in [2.24, 2.45) is 0 Å². The van der Waals surface area contributed by atoms with Crippen LogP contribution in [0, 0.1) is 11.3 Å². The van der Waals surface area contributed by atoms with Crippen LogP contribution < -0.4 is 9.80 Å². The molecule has 9 heteroatoms. The van der Waals surface area contributed by atoms with E-state index in [4.69, 9.17) is 9.72 Å². The number of piperidine rings is 1. The first-order valence-corrected chi connectivity index (χ1v) is 15.2. The molecule has 3 aliphatic rings. The van der Waals surface area contributed by atoms with Crippen LogP contribution in [0.2, 0.25) is 0 Å². The Morgan fingerprint density at radius 2 is 1.81 bits per heavy atom. The van der Waals surface area contributed by atoms with Crippen LogP contribution in [-0.4, -0.2) is 89.4 Å². The molecule has 1 unspecified atom stereocenters. The third-order valence-electron chi connectivity index (χ3n) is 8.95. The van der Waals surface area contributed by atoms with Crippen LogP contribution in [0.25, 0.3) is 10.9 Å².